The van der Waals surface area contributed by atoms with Crippen LogP contribution in [0.25, 0.3) is 5.69 Å². The highest BCUT2D eigenvalue weighted by atomic mass is 79.9. The van der Waals surface area contributed by atoms with Gasteiger partial charge in [0.05, 0.1) is 28.1 Å². The molecule has 0 aliphatic rings. The predicted molar refractivity (Wildman–Crippen MR) is 114 cm³/mol. The highest BCUT2D eigenvalue weighted by Gasteiger charge is 2.39. The summed E-state index contributed by atoms with van der Waals surface area (Å²) in [6.07, 6.45) is -10.2. The van der Waals surface area contributed by atoms with E-state index in [2.05, 4.69) is 26.3 Å². The van der Waals surface area contributed by atoms with Crippen molar-refractivity contribution in [1.82, 2.24) is 9.78 Å². The van der Waals surface area contributed by atoms with Gasteiger partial charge in [-0.15, -0.1) is 0 Å². The molecule has 176 valence electrons. The van der Waals surface area contributed by atoms with Crippen molar-refractivity contribution >= 4 is 27.7 Å². The average Bonchev–Trinajstić information content (AvgIpc) is 3.11. The molecule has 0 spiro atoms. The lowest BCUT2D eigenvalue weighted by molar-refractivity contribution is -0.143. The molecule has 1 amide bonds. The summed E-state index contributed by atoms with van der Waals surface area (Å²) >= 11 is 3.30. The summed E-state index contributed by atoms with van der Waals surface area (Å²) in [5.41, 5.74) is -3.50. The fourth-order valence-electron chi connectivity index (χ4n) is 2.95. The van der Waals surface area contributed by atoms with E-state index in [1.807, 2.05) is 20.8 Å². The summed E-state index contributed by atoms with van der Waals surface area (Å²) < 4.78 is 81.4. The third-order valence-corrected chi connectivity index (χ3v) is 5.22. The Hall–Kier alpha value is -2.82. The van der Waals surface area contributed by atoms with Gasteiger partial charge < -0.3 is 5.32 Å². The minimum absolute atomic E-state index is 0.0679. The lowest BCUT2D eigenvalue weighted by Gasteiger charge is -2.16. The van der Waals surface area contributed by atoms with Gasteiger partial charge in [-0.3, -0.25) is 4.79 Å². The van der Waals surface area contributed by atoms with Crippen LogP contribution in [0.1, 0.15) is 48.0 Å². The molecule has 11 heteroatoms. The van der Waals surface area contributed by atoms with Crippen LogP contribution in [0.2, 0.25) is 0 Å². The van der Waals surface area contributed by atoms with Crippen LogP contribution in [0.5, 0.6) is 0 Å². The molecule has 0 saturated heterocycles. The molecule has 0 aliphatic carbocycles. The lowest BCUT2D eigenvalue weighted by atomic mass is 9.92. The SMILES string of the molecule is CC(C)(C)c1cc(NC(=O)c2ccc(C(F)(F)F)cc2C(F)(F)F)n(-c2ccc(Br)cc2)n1. The number of anilines is 1. The first-order chi connectivity index (χ1) is 15.1. The third-order valence-electron chi connectivity index (χ3n) is 4.69. The maximum Gasteiger partial charge on any atom is 0.417 e. The van der Waals surface area contributed by atoms with Crippen molar-refractivity contribution in [3.63, 3.8) is 0 Å². The number of carbonyl (C=O) groups is 1. The second kappa shape index (κ2) is 8.51. The number of amides is 1. The Morgan fingerprint density at radius 1 is 0.909 bits per heavy atom. The van der Waals surface area contributed by atoms with E-state index in [1.54, 1.807) is 24.3 Å². The summed E-state index contributed by atoms with van der Waals surface area (Å²) in [5.74, 6) is -1.14. The van der Waals surface area contributed by atoms with Crippen LogP contribution < -0.4 is 5.32 Å². The van der Waals surface area contributed by atoms with Gasteiger partial charge in [-0.2, -0.15) is 31.4 Å². The zero-order chi connectivity index (χ0) is 24.8. The highest BCUT2D eigenvalue weighted by molar-refractivity contribution is 9.10. The maximum absolute atomic E-state index is 13.5. The zero-order valence-corrected chi connectivity index (χ0v) is 19.2. The van der Waals surface area contributed by atoms with Gasteiger partial charge in [0, 0.05) is 16.0 Å². The smallest absolute Gasteiger partial charge is 0.306 e. The Bertz CT molecular complexity index is 1170. The molecule has 0 unspecified atom stereocenters. The zero-order valence-electron chi connectivity index (χ0n) is 17.6. The summed E-state index contributed by atoms with van der Waals surface area (Å²) in [6.45, 7) is 5.60. The quantitative estimate of drug-likeness (QED) is 0.361. The van der Waals surface area contributed by atoms with Crippen LogP contribution in [0.15, 0.2) is 53.0 Å². The van der Waals surface area contributed by atoms with E-state index in [1.165, 1.54) is 10.7 Å². The van der Waals surface area contributed by atoms with Gasteiger partial charge in [0.15, 0.2) is 0 Å². The van der Waals surface area contributed by atoms with E-state index in [4.69, 9.17) is 0 Å². The number of aromatic nitrogens is 2. The number of alkyl halides is 6. The van der Waals surface area contributed by atoms with E-state index in [0.717, 1.165) is 4.47 Å². The van der Waals surface area contributed by atoms with Gasteiger partial charge in [-0.05, 0) is 42.5 Å². The van der Waals surface area contributed by atoms with Gasteiger partial charge in [0.2, 0.25) is 0 Å². The van der Waals surface area contributed by atoms with Gasteiger partial charge in [-0.1, -0.05) is 36.7 Å². The molecule has 1 heterocycles. The Labute approximate surface area is 193 Å². The number of hydrogen-bond acceptors (Lipinski definition) is 2. The van der Waals surface area contributed by atoms with E-state index in [-0.39, 0.29) is 11.9 Å². The topological polar surface area (TPSA) is 46.9 Å². The van der Waals surface area contributed by atoms with Crippen molar-refractivity contribution < 1.29 is 31.1 Å². The molecule has 33 heavy (non-hydrogen) atoms. The number of carbonyl (C=O) groups excluding carboxylic acids is 1. The molecule has 0 aliphatic heterocycles. The molecule has 2 aromatic carbocycles. The van der Waals surface area contributed by atoms with E-state index in [9.17, 15) is 31.1 Å². The molecule has 0 bridgehead atoms. The highest BCUT2D eigenvalue weighted by Crippen LogP contribution is 2.38. The first kappa shape index (κ1) is 24.8. The molecular formula is C22H18BrF6N3O. The van der Waals surface area contributed by atoms with Crippen LogP contribution >= 0.6 is 15.9 Å². The van der Waals surface area contributed by atoms with E-state index < -0.39 is 40.4 Å². The Morgan fingerprint density at radius 3 is 2.03 bits per heavy atom. The Kier molecular flexibility index (Phi) is 6.40. The van der Waals surface area contributed by atoms with Crippen LogP contribution in [-0.2, 0) is 17.8 Å². The minimum Gasteiger partial charge on any atom is -0.306 e. The summed E-state index contributed by atoms with van der Waals surface area (Å²) in [7, 11) is 0. The second-order valence-electron chi connectivity index (χ2n) is 8.26. The van der Waals surface area contributed by atoms with E-state index in [0.29, 0.717) is 23.5 Å². The van der Waals surface area contributed by atoms with Gasteiger partial charge in [0.25, 0.3) is 5.91 Å². The Balaban J connectivity index is 2.07. The lowest BCUT2D eigenvalue weighted by Crippen LogP contribution is -2.21. The number of halogens is 7. The number of benzene rings is 2. The van der Waals surface area contributed by atoms with E-state index >= 15 is 0 Å². The molecule has 3 aromatic rings. The molecule has 4 nitrogen and oxygen atoms in total. The normalized spacial score (nSPS) is 12.7. The van der Waals surface area contributed by atoms with Crippen molar-refractivity contribution in [2.75, 3.05) is 5.32 Å². The van der Waals surface area contributed by atoms with Crippen molar-refractivity contribution in [3.05, 3.63) is 75.4 Å². The average molecular weight is 534 g/mol. The standard InChI is InChI=1S/C22H18BrF6N3O/c1-20(2,3)17-11-18(32(31-17)14-7-5-13(23)6-8-14)30-19(33)15-9-4-12(21(24,25)26)10-16(15)22(27,28)29/h4-11H,1-3H3,(H,30,33). The van der Waals surface area contributed by atoms with Crippen molar-refractivity contribution in [1.29, 1.82) is 0 Å². The second-order valence-corrected chi connectivity index (χ2v) is 9.18. The molecular weight excluding hydrogens is 516 g/mol. The maximum atomic E-state index is 13.5. The number of nitrogens with one attached hydrogen (secondary N) is 1. The van der Waals surface area contributed by atoms with Gasteiger partial charge in [0.1, 0.15) is 5.82 Å². The first-order valence-corrected chi connectivity index (χ1v) is 10.3. The van der Waals surface area contributed by atoms with Crippen LogP contribution in [0.3, 0.4) is 0 Å². The van der Waals surface area contributed by atoms with Gasteiger partial charge in [-0.25, -0.2) is 4.68 Å². The fourth-order valence-corrected chi connectivity index (χ4v) is 3.22. The molecule has 3 rings (SSSR count). The molecule has 0 fully saturated rings. The minimum atomic E-state index is -5.17. The summed E-state index contributed by atoms with van der Waals surface area (Å²) in [5, 5.41) is 6.83. The molecule has 0 radical (unpaired) electrons. The molecule has 1 N–H and O–H groups in total. The predicted octanol–water partition coefficient (Wildman–Crippen LogP) is 7.22. The van der Waals surface area contributed by atoms with Crippen LogP contribution in [-0.4, -0.2) is 15.7 Å². The molecule has 1 aromatic heterocycles. The summed E-state index contributed by atoms with van der Waals surface area (Å²) in [4.78, 5) is 12.8. The molecule has 0 atom stereocenters. The van der Waals surface area contributed by atoms with Gasteiger partial charge >= 0.3 is 12.4 Å². The number of hydrogen-bond donors (Lipinski definition) is 1. The monoisotopic (exact) mass is 533 g/mol. The van der Waals surface area contributed by atoms with Crippen LogP contribution in [0.4, 0.5) is 32.2 Å². The first-order valence-electron chi connectivity index (χ1n) is 9.53. The van der Waals surface area contributed by atoms with Crippen LogP contribution in [0, 0.1) is 0 Å². The fraction of sp³-hybridized carbons (Fsp3) is 0.273. The molecule has 0 saturated carbocycles. The number of nitrogens with zero attached hydrogens (tertiary/aromatic N) is 2. The Morgan fingerprint density at radius 2 is 1.52 bits per heavy atom. The van der Waals surface area contributed by atoms with Crippen molar-refractivity contribution in [3.8, 4) is 5.69 Å². The summed E-state index contributed by atoms with van der Waals surface area (Å²) in [6, 6.07) is 9.20. The largest absolute Gasteiger partial charge is 0.417 e. The number of rotatable bonds is 3. The third kappa shape index (κ3) is 5.58. The van der Waals surface area contributed by atoms with Crippen molar-refractivity contribution in [2.24, 2.45) is 0 Å². The van der Waals surface area contributed by atoms with Crippen molar-refractivity contribution in [2.45, 2.75) is 38.5 Å².